The summed E-state index contributed by atoms with van der Waals surface area (Å²) >= 11 is 0. The Labute approximate surface area is 295 Å². The molecular weight excluding hydrogens is 620 g/mol. The van der Waals surface area contributed by atoms with E-state index in [1.165, 1.54) is 45.6 Å². The molecule has 4 aliphatic rings. The zero-order valence-electron chi connectivity index (χ0n) is 31.6. The fourth-order valence-corrected chi connectivity index (χ4v) is 9.98. The van der Waals surface area contributed by atoms with E-state index in [1.807, 2.05) is 32.9 Å². The number of unbranched alkanes of at least 4 members (excludes halogenated alkanes) is 12. The van der Waals surface area contributed by atoms with E-state index in [-0.39, 0.29) is 43.6 Å². The van der Waals surface area contributed by atoms with Crippen LogP contribution in [0.5, 0.6) is 0 Å². The van der Waals surface area contributed by atoms with Crippen molar-refractivity contribution in [1.82, 2.24) is 0 Å². The van der Waals surface area contributed by atoms with Gasteiger partial charge >= 0.3 is 11.9 Å². The second-order valence-electron chi connectivity index (χ2n) is 16.2. The van der Waals surface area contributed by atoms with Crippen LogP contribution in [0, 0.1) is 29.1 Å². The fraction of sp³-hybridized carbons (Fsp3) is 0.829. The molecule has 0 radical (unpaired) electrons. The minimum absolute atomic E-state index is 0.143. The van der Waals surface area contributed by atoms with Crippen LogP contribution in [-0.4, -0.2) is 64.6 Å². The normalized spacial score (nSPS) is 34.2. The lowest BCUT2D eigenvalue weighted by Gasteiger charge is -2.53. The Bertz CT molecular complexity index is 1240. The summed E-state index contributed by atoms with van der Waals surface area (Å²) in [5.74, 6) is -3.34. The third-order valence-corrected chi connectivity index (χ3v) is 12.8. The van der Waals surface area contributed by atoms with Crippen LogP contribution in [0.2, 0.25) is 0 Å². The highest BCUT2D eigenvalue weighted by Gasteiger charge is 2.88. The Morgan fingerprint density at radius 1 is 0.857 bits per heavy atom. The molecule has 0 aliphatic heterocycles. The molecule has 2 fully saturated rings. The average molecular weight is 687 g/mol. The monoisotopic (exact) mass is 686 g/mol. The van der Waals surface area contributed by atoms with E-state index < -0.39 is 52.0 Å². The van der Waals surface area contributed by atoms with Gasteiger partial charge in [0.1, 0.15) is 11.7 Å². The quantitative estimate of drug-likeness (QED) is 0.0752. The van der Waals surface area contributed by atoms with E-state index in [0.717, 1.165) is 44.9 Å². The van der Waals surface area contributed by atoms with Crippen molar-refractivity contribution >= 4 is 17.7 Å². The summed E-state index contributed by atoms with van der Waals surface area (Å²) in [6.07, 6.45) is 18.5. The smallest absolute Gasteiger partial charge is 0.306 e. The van der Waals surface area contributed by atoms with Crippen LogP contribution in [0.25, 0.3) is 0 Å². The summed E-state index contributed by atoms with van der Waals surface area (Å²) in [7, 11) is 1.49. The molecule has 0 spiro atoms. The molecule has 0 bridgehead atoms. The van der Waals surface area contributed by atoms with E-state index in [9.17, 15) is 24.6 Å². The third kappa shape index (κ3) is 7.35. The summed E-state index contributed by atoms with van der Waals surface area (Å²) < 4.78 is 19.0. The lowest BCUT2D eigenvalue weighted by Crippen LogP contribution is -2.66. The van der Waals surface area contributed by atoms with Crippen molar-refractivity contribution in [3.05, 3.63) is 23.3 Å². The van der Waals surface area contributed by atoms with E-state index in [2.05, 4.69) is 13.8 Å². The van der Waals surface area contributed by atoms with Gasteiger partial charge < -0.3 is 24.4 Å². The average Bonchev–Trinajstić information content (AvgIpc) is 3.48. The molecule has 8 heteroatoms. The van der Waals surface area contributed by atoms with Gasteiger partial charge in [0.15, 0.2) is 11.4 Å². The molecular formula is C41H66O8. The number of ether oxygens (including phenoxy) is 3. The molecule has 8 unspecified atom stereocenters. The van der Waals surface area contributed by atoms with E-state index >= 15 is 0 Å². The number of aliphatic hydroxyl groups is 2. The molecule has 278 valence electrons. The van der Waals surface area contributed by atoms with Crippen LogP contribution in [0.4, 0.5) is 0 Å². The van der Waals surface area contributed by atoms with E-state index in [0.29, 0.717) is 17.6 Å². The number of ketones is 1. The molecule has 0 heterocycles. The molecule has 49 heavy (non-hydrogen) atoms. The summed E-state index contributed by atoms with van der Waals surface area (Å²) in [4.78, 5) is 41.1. The molecule has 0 aromatic rings. The number of esters is 2. The minimum atomic E-state index is -1.59. The van der Waals surface area contributed by atoms with Crippen molar-refractivity contribution in [3.63, 3.8) is 0 Å². The zero-order valence-corrected chi connectivity index (χ0v) is 31.6. The van der Waals surface area contributed by atoms with Gasteiger partial charge in [-0.2, -0.15) is 0 Å². The highest BCUT2D eigenvalue weighted by atomic mass is 16.6. The summed E-state index contributed by atoms with van der Waals surface area (Å²) in [5, 5.41) is 23.7. The third-order valence-electron chi connectivity index (χ3n) is 12.8. The first-order chi connectivity index (χ1) is 23.3. The van der Waals surface area contributed by atoms with E-state index in [4.69, 9.17) is 14.2 Å². The molecule has 0 amide bonds. The lowest BCUT2D eigenvalue weighted by molar-refractivity contribution is -0.231. The maximum atomic E-state index is 13.8. The van der Waals surface area contributed by atoms with Gasteiger partial charge in [-0.3, -0.25) is 14.4 Å². The number of rotatable bonds is 20. The van der Waals surface area contributed by atoms with Crippen LogP contribution >= 0.6 is 0 Å². The van der Waals surface area contributed by atoms with Crippen LogP contribution in [0.1, 0.15) is 151 Å². The molecule has 0 aromatic heterocycles. The predicted molar refractivity (Wildman–Crippen MR) is 191 cm³/mol. The summed E-state index contributed by atoms with van der Waals surface area (Å²) in [6.45, 7) is 11.7. The standard InChI is InChI=1S/C41H66O8/c1-8-10-12-14-16-18-20-22-33(43)48-37-29(4)40(46)31(25-30(27-42)26-39(47-7)32(40)24-28(3)36(39)45)35-38(5,6)41(35,37)49-34(44)23-21-19-17-15-13-11-9-2/h24-25,29,31-32,35,37,42,46H,8-23,26-27H2,1-7H3. The van der Waals surface area contributed by atoms with Crippen LogP contribution in [0.3, 0.4) is 0 Å². The molecule has 2 N–H and O–H groups in total. The highest BCUT2D eigenvalue weighted by molar-refractivity contribution is 6.05. The number of methoxy groups -OCH3 is 1. The van der Waals surface area contributed by atoms with Crippen LogP contribution in [-0.2, 0) is 28.6 Å². The molecule has 0 aromatic carbocycles. The first-order valence-corrected chi connectivity index (χ1v) is 19.6. The maximum Gasteiger partial charge on any atom is 0.306 e. The van der Waals surface area contributed by atoms with Gasteiger partial charge in [0.2, 0.25) is 0 Å². The van der Waals surface area contributed by atoms with Crippen molar-refractivity contribution in [1.29, 1.82) is 0 Å². The van der Waals surface area contributed by atoms with Crippen molar-refractivity contribution in [2.75, 3.05) is 13.7 Å². The van der Waals surface area contributed by atoms with Gasteiger partial charge in [0.05, 0.1) is 12.2 Å². The largest absolute Gasteiger partial charge is 0.458 e. The number of carbonyl (C=O) groups is 3. The van der Waals surface area contributed by atoms with Gasteiger partial charge in [-0.25, -0.2) is 0 Å². The number of Topliss-reactive ketones (excluding diaryl/α,β-unsaturated/α-hetero) is 1. The van der Waals surface area contributed by atoms with Crippen LogP contribution in [0.15, 0.2) is 23.3 Å². The maximum absolute atomic E-state index is 13.8. The number of carbonyl (C=O) groups excluding carboxylic acids is 3. The second kappa shape index (κ2) is 16.5. The first-order valence-electron chi connectivity index (χ1n) is 19.6. The SMILES string of the molecule is CCCCCCCCCC(=O)OC1C(C)C2(O)C(C=C(CO)CC3(OC)C(=O)C(C)=CC32)C2C(C)(C)C12OC(=O)CCCCCCCCC. The number of fused-ring (bicyclic) bond motifs is 5. The number of aliphatic hydroxyl groups excluding tert-OH is 1. The van der Waals surface area contributed by atoms with Gasteiger partial charge in [-0.15, -0.1) is 0 Å². The molecule has 4 aliphatic carbocycles. The number of hydrogen-bond acceptors (Lipinski definition) is 8. The Kier molecular flexibility index (Phi) is 13.4. The fourth-order valence-electron chi connectivity index (χ4n) is 9.98. The topological polar surface area (TPSA) is 119 Å². The molecule has 2 saturated carbocycles. The Morgan fingerprint density at radius 3 is 1.92 bits per heavy atom. The highest BCUT2D eigenvalue weighted by Crippen LogP contribution is 2.77. The number of hydrogen-bond donors (Lipinski definition) is 2. The molecule has 0 saturated heterocycles. The van der Waals surface area contributed by atoms with Crippen molar-refractivity contribution in [3.8, 4) is 0 Å². The summed E-state index contributed by atoms with van der Waals surface area (Å²) in [5.41, 5.74) is -3.68. The van der Waals surface area contributed by atoms with Crippen molar-refractivity contribution < 1.29 is 38.8 Å². The molecule has 8 nitrogen and oxygen atoms in total. The van der Waals surface area contributed by atoms with Crippen molar-refractivity contribution in [2.45, 2.75) is 174 Å². The van der Waals surface area contributed by atoms with Gasteiger partial charge in [0, 0.05) is 55.5 Å². The van der Waals surface area contributed by atoms with E-state index in [1.54, 1.807) is 6.92 Å². The van der Waals surface area contributed by atoms with Gasteiger partial charge in [-0.05, 0) is 30.9 Å². The van der Waals surface area contributed by atoms with Gasteiger partial charge in [0.25, 0.3) is 0 Å². The predicted octanol–water partition coefficient (Wildman–Crippen LogP) is 7.97. The lowest BCUT2D eigenvalue weighted by atomic mass is 9.59. The molecule has 8 atom stereocenters. The Balaban J connectivity index is 1.64. The van der Waals surface area contributed by atoms with Gasteiger partial charge in [-0.1, -0.05) is 124 Å². The second-order valence-corrected chi connectivity index (χ2v) is 16.2. The Morgan fingerprint density at radius 2 is 1.39 bits per heavy atom. The zero-order chi connectivity index (χ0) is 36.0. The van der Waals surface area contributed by atoms with Crippen LogP contribution < -0.4 is 0 Å². The minimum Gasteiger partial charge on any atom is -0.458 e. The first kappa shape index (κ1) is 39.8. The Hall–Kier alpha value is -2.03. The molecule has 4 rings (SSSR count). The summed E-state index contributed by atoms with van der Waals surface area (Å²) in [6, 6.07) is 0. The van der Waals surface area contributed by atoms with Crippen molar-refractivity contribution in [2.24, 2.45) is 29.1 Å².